The van der Waals surface area contributed by atoms with Crippen LogP contribution in [0, 0.1) is 0 Å². The molecule has 0 aliphatic heterocycles. The van der Waals surface area contributed by atoms with Crippen LogP contribution in [0.5, 0.6) is 0 Å². The van der Waals surface area contributed by atoms with Gasteiger partial charge in [-0.25, -0.2) is 4.79 Å². The molecule has 350 valence electrons. The predicted octanol–water partition coefficient (Wildman–Crippen LogP) is 1.43. The lowest BCUT2D eigenvalue weighted by Gasteiger charge is -2.06. The van der Waals surface area contributed by atoms with Gasteiger partial charge in [-0.1, -0.05) is 0 Å². The fraction of sp³-hybridized carbons (Fsp3) is 0.923. The van der Waals surface area contributed by atoms with Gasteiger partial charge >= 0.3 is 18.1 Å². The smallest absolute Gasteiger partial charge is 0.466 e. The van der Waals surface area contributed by atoms with Gasteiger partial charge in [0.25, 0.3) is 0 Å². The summed E-state index contributed by atoms with van der Waals surface area (Å²) in [4.78, 5) is 33.4. The molecule has 0 aromatic rings. The Morgan fingerprint density at radius 2 is 0.552 bits per heavy atom. The first kappa shape index (κ1) is 62.4. The van der Waals surface area contributed by atoms with Crippen LogP contribution in [0.15, 0.2) is 0 Å². The second kappa shape index (κ2) is 61.4. The zero-order chi connectivity index (χ0) is 43.8. The largest absolute Gasteiger partial charge is 0.508 e. The molecular weight excluding hydrogens is 772 g/mol. The Morgan fingerprint density at radius 1 is 0.259 bits per heavy atom. The first-order valence-corrected chi connectivity index (χ1v) is 20.6. The van der Waals surface area contributed by atoms with Gasteiger partial charge in [0.05, 0.1) is 52.9 Å². The van der Waals surface area contributed by atoms with E-state index in [1.807, 2.05) is 0 Å². The molecular formula is C39H80O19. The molecule has 0 aliphatic carbocycles. The summed E-state index contributed by atoms with van der Waals surface area (Å²) in [5.74, 6) is -0.587. The summed E-state index contributed by atoms with van der Waals surface area (Å²) in [6, 6.07) is 0. The van der Waals surface area contributed by atoms with Crippen molar-refractivity contribution in [2.45, 2.75) is 103 Å². The monoisotopic (exact) mass is 853 g/mol. The van der Waals surface area contributed by atoms with Crippen LogP contribution in [0.3, 0.4) is 0 Å². The summed E-state index contributed by atoms with van der Waals surface area (Å²) in [5.41, 5.74) is 0. The van der Waals surface area contributed by atoms with E-state index in [2.05, 4.69) is 9.47 Å². The van der Waals surface area contributed by atoms with E-state index in [0.717, 1.165) is 90.6 Å². The van der Waals surface area contributed by atoms with E-state index in [1.165, 1.54) is 0 Å². The number of ether oxygens (including phenoxy) is 8. The molecule has 0 aliphatic rings. The molecule has 0 aromatic carbocycles. The van der Waals surface area contributed by atoms with Crippen molar-refractivity contribution in [2.24, 2.45) is 0 Å². The average Bonchev–Trinajstić information content (AvgIpc) is 3.22. The van der Waals surface area contributed by atoms with E-state index in [0.29, 0.717) is 45.5 Å². The van der Waals surface area contributed by atoms with Crippen molar-refractivity contribution >= 4 is 18.1 Å². The second-order valence-corrected chi connectivity index (χ2v) is 12.1. The molecule has 58 heavy (non-hydrogen) atoms. The minimum Gasteiger partial charge on any atom is -0.466 e. The molecule has 19 heteroatoms. The molecule has 0 saturated heterocycles. The van der Waals surface area contributed by atoms with E-state index >= 15 is 0 Å². The van der Waals surface area contributed by atoms with Crippen molar-refractivity contribution in [3.8, 4) is 0 Å². The molecule has 0 heterocycles. The Hall–Kier alpha value is -2.27. The van der Waals surface area contributed by atoms with Crippen LogP contribution in [-0.2, 0) is 47.5 Å². The molecule has 0 amide bonds. The molecule has 0 rings (SSSR count). The van der Waals surface area contributed by atoms with E-state index in [-0.39, 0.29) is 111 Å². The number of hydrogen-bond donors (Lipinski definition) is 8. The van der Waals surface area contributed by atoms with Gasteiger partial charge in [-0.2, -0.15) is 0 Å². The highest BCUT2D eigenvalue weighted by molar-refractivity contribution is 5.70. The minimum absolute atomic E-state index is 0.0100. The summed E-state index contributed by atoms with van der Waals surface area (Å²) in [6.07, 6.45) is 10.2. The van der Waals surface area contributed by atoms with Gasteiger partial charge in [0.1, 0.15) is 6.61 Å². The zero-order valence-corrected chi connectivity index (χ0v) is 35.0. The lowest BCUT2D eigenvalue weighted by Crippen LogP contribution is -2.12. The van der Waals surface area contributed by atoms with Crippen LogP contribution < -0.4 is 0 Å². The van der Waals surface area contributed by atoms with Crippen molar-refractivity contribution in [3.05, 3.63) is 0 Å². The minimum atomic E-state index is -0.753. The SMILES string of the molecule is O=C(CCCCC(=O)OCCOCCO)OCCCCOCCO.O=C(OCCCO)OCCCO.OCCCCOCCCCO.OCCCCOCCCCO. The van der Waals surface area contributed by atoms with Crippen molar-refractivity contribution in [2.75, 3.05) is 132 Å². The molecule has 0 spiro atoms. The third-order valence-corrected chi connectivity index (χ3v) is 6.75. The average molecular weight is 853 g/mol. The van der Waals surface area contributed by atoms with Crippen molar-refractivity contribution in [1.29, 1.82) is 0 Å². The maximum atomic E-state index is 11.5. The first-order valence-electron chi connectivity index (χ1n) is 20.6. The van der Waals surface area contributed by atoms with Gasteiger partial charge in [-0.05, 0) is 77.0 Å². The number of carbonyl (C=O) groups excluding carboxylic acids is 3. The van der Waals surface area contributed by atoms with Crippen LogP contribution in [0.4, 0.5) is 4.79 Å². The maximum absolute atomic E-state index is 11.5. The molecule has 0 atom stereocenters. The van der Waals surface area contributed by atoms with Gasteiger partial charge in [0.2, 0.25) is 0 Å². The normalized spacial score (nSPS) is 10.3. The highest BCUT2D eigenvalue weighted by atomic mass is 16.7. The third kappa shape index (κ3) is 68.4. The van der Waals surface area contributed by atoms with E-state index < -0.39 is 6.16 Å². The molecule has 19 nitrogen and oxygen atoms in total. The standard InChI is InChI=1S/C16H30O8.2C8H18O3.C7H14O5/c17-7-11-21-9-3-4-10-23-15(19)5-1-2-6-16(20)24-14-13-22-12-8-18;2*9-5-1-3-7-11-8-4-2-6-10;8-3-1-5-11-7(10)12-6-2-4-9/h17-18H,1-14H2;2*9-10H,1-8H2;8-9H,1-6H2. The van der Waals surface area contributed by atoms with Gasteiger partial charge in [-0.3, -0.25) is 9.59 Å². The number of hydrogen-bond acceptors (Lipinski definition) is 19. The Morgan fingerprint density at radius 3 is 0.914 bits per heavy atom. The quantitative estimate of drug-likeness (QED) is 0.0247. The first-order chi connectivity index (χ1) is 28.3. The van der Waals surface area contributed by atoms with Crippen molar-refractivity contribution in [1.82, 2.24) is 0 Å². The number of esters is 2. The molecule has 0 unspecified atom stereocenters. The Bertz CT molecular complexity index is 733. The predicted molar refractivity (Wildman–Crippen MR) is 213 cm³/mol. The van der Waals surface area contributed by atoms with Gasteiger partial charge in [0, 0.05) is 98.4 Å². The number of rotatable bonds is 39. The van der Waals surface area contributed by atoms with E-state index in [9.17, 15) is 14.4 Å². The van der Waals surface area contributed by atoms with Crippen LogP contribution in [0.2, 0.25) is 0 Å². The number of unbranched alkanes of at least 4 members (excludes halogenated alkanes) is 6. The Balaban J connectivity index is -0.000000362. The van der Waals surface area contributed by atoms with E-state index in [4.69, 9.17) is 69.3 Å². The molecule has 0 saturated carbocycles. The summed E-state index contributed by atoms with van der Waals surface area (Å²) < 4.78 is 39.5. The lowest BCUT2D eigenvalue weighted by atomic mass is 10.2. The highest BCUT2D eigenvalue weighted by Gasteiger charge is 2.06. The fourth-order valence-electron chi connectivity index (χ4n) is 3.67. The van der Waals surface area contributed by atoms with Gasteiger partial charge in [-0.15, -0.1) is 0 Å². The second-order valence-electron chi connectivity index (χ2n) is 12.1. The Kier molecular flexibility index (Phi) is 66.0. The molecule has 0 radical (unpaired) electrons. The van der Waals surface area contributed by atoms with Crippen LogP contribution >= 0.6 is 0 Å². The van der Waals surface area contributed by atoms with Crippen molar-refractivity contribution < 1.29 is 93.1 Å². The zero-order valence-electron chi connectivity index (χ0n) is 35.0. The molecule has 0 aromatic heterocycles. The van der Waals surface area contributed by atoms with Crippen LogP contribution in [-0.4, -0.2) is 191 Å². The highest BCUT2D eigenvalue weighted by Crippen LogP contribution is 2.04. The lowest BCUT2D eigenvalue weighted by molar-refractivity contribution is -0.147. The third-order valence-electron chi connectivity index (χ3n) is 6.75. The summed E-state index contributed by atoms with van der Waals surface area (Å²) in [7, 11) is 0. The number of aliphatic hydroxyl groups is 8. The summed E-state index contributed by atoms with van der Waals surface area (Å²) in [5, 5.41) is 67.3. The molecule has 0 fully saturated rings. The van der Waals surface area contributed by atoms with Crippen LogP contribution in [0.25, 0.3) is 0 Å². The summed E-state index contributed by atoms with van der Waals surface area (Å²) in [6.45, 7) is 6.08. The topological polar surface area (TPSA) is 287 Å². The fourth-order valence-corrected chi connectivity index (χ4v) is 3.67. The number of carbonyl (C=O) groups is 3. The van der Waals surface area contributed by atoms with E-state index in [1.54, 1.807) is 0 Å². The summed E-state index contributed by atoms with van der Waals surface area (Å²) >= 11 is 0. The van der Waals surface area contributed by atoms with Gasteiger partial charge < -0.3 is 78.7 Å². The molecule has 0 bridgehead atoms. The van der Waals surface area contributed by atoms with Crippen molar-refractivity contribution in [3.63, 3.8) is 0 Å². The maximum Gasteiger partial charge on any atom is 0.508 e. The molecule has 8 N–H and O–H groups in total. The Labute approximate surface area is 345 Å². The number of aliphatic hydroxyl groups excluding tert-OH is 8. The van der Waals surface area contributed by atoms with Crippen LogP contribution in [0.1, 0.15) is 103 Å². The van der Waals surface area contributed by atoms with Gasteiger partial charge in [0.15, 0.2) is 0 Å².